The van der Waals surface area contributed by atoms with E-state index in [0.29, 0.717) is 6.42 Å². The molecule has 0 radical (unpaired) electrons. The van der Waals surface area contributed by atoms with Crippen molar-refractivity contribution in [2.24, 2.45) is 5.92 Å². The standard InChI is InChI=1S/C8H12O3S/c1-5(9)12-7-3-2-6(4-7)8(10)11/h6-7H,2-4H2,1H3,(H,10,11). The predicted molar refractivity (Wildman–Crippen MR) is 47.0 cm³/mol. The van der Waals surface area contributed by atoms with Gasteiger partial charge < -0.3 is 5.11 Å². The molecule has 0 aromatic heterocycles. The van der Waals surface area contributed by atoms with Crippen LogP contribution in [0.15, 0.2) is 0 Å². The van der Waals surface area contributed by atoms with E-state index >= 15 is 0 Å². The molecular weight excluding hydrogens is 176 g/mol. The summed E-state index contributed by atoms with van der Waals surface area (Å²) >= 11 is 1.28. The largest absolute Gasteiger partial charge is 0.481 e. The molecule has 1 N–H and O–H groups in total. The Morgan fingerprint density at radius 3 is 2.50 bits per heavy atom. The molecule has 3 nitrogen and oxygen atoms in total. The van der Waals surface area contributed by atoms with Crippen LogP contribution in [0.3, 0.4) is 0 Å². The van der Waals surface area contributed by atoms with Gasteiger partial charge in [0, 0.05) is 12.2 Å². The molecule has 1 rings (SSSR count). The van der Waals surface area contributed by atoms with E-state index in [1.54, 1.807) is 0 Å². The predicted octanol–water partition coefficient (Wildman–Crippen LogP) is 1.52. The summed E-state index contributed by atoms with van der Waals surface area (Å²) in [4.78, 5) is 21.2. The maximum Gasteiger partial charge on any atom is 0.306 e. The zero-order chi connectivity index (χ0) is 9.14. The van der Waals surface area contributed by atoms with Gasteiger partial charge in [-0.3, -0.25) is 9.59 Å². The lowest BCUT2D eigenvalue weighted by Gasteiger charge is -2.04. The van der Waals surface area contributed by atoms with Gasteiger partial charge in [-0.25, -0.2) is 0 Å². The molecule has 2 atom stereocenters. The van der Waals surface area contributed by atoms with Gasteiger partial charge in [0.25, 0.3) is 0 Å². The molecule has 1 saturated carbocycles. The van der Waals surface area contributed by atoms with Crippen molar-refractivity contribution in [3.63, 3.8) is 0 Å². The third kappa shape index (κ3) is 2.52. The van der Waals surface area contributed by atoms with Gasteiger partial charge in [0.2, 0.25) is 0 Å². The third-order valence-corrected chi connectivity index (χ3v) is 3.16. The summed E-state index contributed by atoms with van der Waals surface area (Å²) in [5.74, 6) is -0.941. The number of aliphatic carboxylic acids is 1. The summed E-state index contributed by atoms with van der Waals surface area (Å²) in [5, 5.41) is 9.00. The lowest BCUT2D eigenvalue weighted by Crippen LogP contribution is -2.10. The first-order chi connectivity index (χ1) is 5.59. The molecule has 4 heteroatoms. The minimum atomic E-state index is -0.721. The van der Waals surface area contributed by atoms with Crippen LogP contribution in [0.1, 0.15) is 26.2 Å². The monoisotopic (exact) mass is 188 g/mol. The summed E-state index contributed by atoms with van der Waals surface area (Å²) in [6.07, 6.45) is 2.24. The minimum Gasteiger partial charge on any atom is -0.481 e. The Balaban J connectivity index is 2.35. The number of thioether (sulfide) groups is 1. The minimum absolute atomic E-state index is 0.0889. The molecule has 0 amide bonds. The molecule has 0 bridgehead atoms. The highest BCUT2D eigenvalue weighted by atomic mass is 32.2. The van der Waals surface area contributed by atoms with E-state index in [0.717, 1.165) is 12.8 Å². The van der Waals surface area contributed by atoms with Crippen molar-refractivity contribution in [1.82, 2.24) is 0 Å². The summed E-state index contributed by atoms with van der Waals surface area (Å²) < 4.78 is 0. The molecule has 1 fully saturated rings. The highest BCUT2D eigenvalue weighted by molar-refractivity contribution is 8.14. The Bertz CT molecular complexity index is 202. The highest BCUT2D eigenvalue weighted by Crippen LogP contribution is 2.34. The van der Waals surface area contributed by atoms with Gasteiger partial charge in [-0.15, -0.1) is 0 Å². The molecule has 0 aliphatic heterocycles. The van der Waals surface area contributed by atoms with Crippen LogP contribution in [0, 0.1) is 5.92 Å². The maximum atomic E-state index is 10.7. The van der Waals surface area contributed by atoms with E-state index in [-0.39, 0.29) is 16.3 Å². The molecule has 1 aliphatic carbocycles. The number of hydrogen-bond acceptors (Lipinski definition) is 3. The van der Waals surface area contributed by atoms with Crippen molar-refractivity contribution in [2.75, 3.05) is 0 Å². The topological polar surface area (TPSA) is 54.4 Å². The number of carbonyl (C=O) groups is 2. The Kier molecular flexibility index (Phi) is 3.14. The van der Waals surface area contributed by atoms with Crippen molar-refractivity contribution in [3.05, 3.63) is 0 Å². The van der Waals surface area contributed by atoms with Crippen LogP contribution in [0.2, 0.25) is 0 Å². The molecule has 0 aromatic carbocycles. The summed E-state index contributed by atoms with van der Waals surface area (Å²) in [5.41, 5.74) is 0. The van der Waals surface area contributed by atoms with E-state index in [4.69, 9.17) is 5.11 Å². The van der Waals surface area contributed by atoms with Crippen LogP contribution in [0.4, 0.5) is 0 Å². The molecule has 2 unspecified atom stereocenters. The lowest BCUT2D eigenvalue weighted by atomic mass is 10.1. The molecule has 0 aromatic rings. The number of carboxylic acid groups (broad SMARTS) is 1. The fraction of sp³-hybridized carbons (Fsp3) is 0.750. The van der Waals surface area contributed by atoms with E-state index in [1.807, 2.05) is 0 Å². The summed E-state index contributed by atoms with van der Waals surface area (Å²) in [6, 6.07) is 0. The molecule has 68 valence electrons. The van der Waals surface area contributed by atoms with Gasteiger partial charge in [0.15, 0.2) is 5.12 Å². The first-order valence-electron chi connectivity index (χ1n) is 3.99. The van der Waals surface area contributed by atoms with Crippen molar-refractivity contribution >= 4 is 22.8 Å². The van der Waals surface area contributed by atoms with Crippen LogP contribution >= 0.6 is 11.8 Å². The number of rotatable bonds is 2. The Morgan fingerprint density at radius 1 is 1.42 bits per heavy atom. The fourth-order valence-electron chi connectivity index (χ4n) is 1.51. The zero-order valence-corrected chi connectivity index (χ0v) is 7.76. The van der Waals surface area contributed by atoms with Crippen molar-refractivity contribution in [1.29, 1.82) is 0 Å². The Labute approximate surface area is 75.5 Å². The lowest BCUT2D eigenvalue weighted by molar-refractivity contribution is -0.141. The molecule has 0 heterocycles. The molecule has 0 saturated heterocycles. The van der Waals surface area contributed by atoms with Gasteiger partial charge in [-0.1, -0.05) is 11.8 Å². The average Bonchev–Trinajstić information content (AvgIpc) is 2.34. The van der Waals surface area contributed by atoms with Gasteiger partial charge in [-0.05, 0) is 19.3 Å². The smallest absolute Gasteiger partial charge is 0.306 e. The SMILES string of the molecule is CC(=O)SC1CCC(C(=O)O)C1. The van der Waals surface area contributed by atoms with E-state index < -0.39 is 5.97 Å². The second-order valence-corrected chi connectivity index (χ2v) is 4.56. The van der Waals surface area contributed by atoms with Crippen molar-refractivity contribution in [3.8, 4) is 0 Å². The third-order valence-electron chi connectivity index (χ3n) is 2.07. The zero-order valence-electron chi connectivity index (χ0n) is 6.95. The van der Waals surface area contributed by atoms with Gasteiger partial charge >= 0.3 is 5.97 Å². The maximum absolute atomic E-state index is 10.7. The van der Waals surface area contributed by atoms with Crippen LogP contribution in [0.25, 0.3) is 0 Å². The quantitative estimate of drug-likeness (QED) is 0.713. The van der Waals surface area contributed by atoms with E-state index in [1.165, 1.54) is 18.7 Å². The van der Waals surface area contributed by atoms with Crippen molar-refractivity contribution in [2.45, 2.75) is 31.4 Å². The summed E-state index contributed by atoms with van der Waals surface area (Å²) in [7, 11) is 0. The molecule has 0 spiro atoms. The fourth-order valence-corrected chi connectivity index (χ4v) is 2.56. The second-order valence-electron chi connectivity index (χ2n) is 3.08. The van der Waals surface area contributed by atoms with Crippen LogP contribution in [-0.2, 0) is 9.59 Å². The van der Waals surface area contributed by atoms with E-state index in [9.17, 15) is 9.59 Å². The Morgan fingerprint density at radius 2 is 2.08 bits per heavy atom. The van der Waals surface area contributed by atoms with E-state index in [2.05, 4.69) is 0 Å². The first-order valence-corrected chi connectivity index (χ1v) is 4.87. The number of hydrogen-bond donors (Lipinski definition) is 1. The normalized spacial score (nSPS) is 28.8. The molecule has 1 aliphatic rings. The molecule has 12 heavy (non-hydrogen) atoms. The first kappa shape index (κ1) is 9.58. The van der Waals surface area contributed by atoms with Gasteiger partial charge in [0.05, 0.1) is 5.92 Å². The van der Waals surface area contributed by atoms with Crippen LogP contribution in [0.5, 0.6) is 0 Å². The van der Waals surface area contributed by atoms with Crippen LogP contribution < -0.4 is 0 Å². The average molecular weight is 188 g/mol. The highest BCUT2D eigenvalue weighted by Gasteiger charge is 2.30. The van der Waals surface area contributed by atoms with Crippen molar-refractivity contribution < 1.29 is 14.7 Å². The number of carboxylic acids is 1. The van der Waals surface area contributed by atoms with Gasteiger partial charge in [0.1, 0.15) is 0 Å². The van der Waals surface area contributed by atoms with Crippen LogP contribution in [-0.4, -0.2) is 21.4 Å². The number of carbonyl (C=O) groups excluding carboxylic acids is 1. The molecular formula is C8H12O3S. The summed E-state index contributed by atoms with van der Waals surface area (Å²) in [6.45, 7) is 1.53. The second kappa shape index (κ2) is 3.94. The van der Waals surface area contributed by atoms with Gasteiger partial charge in [-0.2, -0.15) is 0 Å². The Hall–Kier alpha value is -0.510.